The van der Waals surface area contributed by atoms with Crippen molar-refractivity contribution in [2.24, 2.45) is 0 Å². The van der Waals surface area contributed by atoms with E-state index in [1.165, 1.54) is 0 Å². The fourth-order valence-corrected chi connectivity index (χ4v) is 2.23. The molecule has 0 radical (unpaired) electrons. The highest BCUT2D eigenvalue weighted by Crippen LogP contribution is 2.43. The highest BCUT2D eigenvalue weighted by atomic mass is 31.2. The van der Waals surface area contributed by atoms with E-state index in [0.717, 1.165) is 0 Å². The van der Waals surface area contributed by atoms with Gasteiger partial charge in [0.1, 0.15) is 0 Å². The lowest BCUT2D eigenvalue weighted by atomic mass is 10.3. The zero-order valence-corrected chi connectivity index (χ0v) is 14.7. The summed E-state index contributed by atoms with van der Waals surface area (Å²) in [6.07, 6.45) is 2.73. The van der Waals surface area contributed by atoms with Crippen molar-refractivity contribution in [3.63, 3.8) is 0 Å². The maximum absolute atomic E-state index is 11.5. The smallest absolute Gasteiger partial charge is 0.466 e. The van der Waals surface area contributed by atoms with Gasteiger partial charge in [0.2, 0.25) is 0 Å². The molecule has 0 unspecified atom stereocenters. The lowest BCUT2D eigenvalue weighted by Gasteiger charge is -2.12. The second-order valence-corrected chi connectivity index (χ2v) is 6.24. The van der Waals surface area contributed by atoms with Crippen molar-refractivity contribution < 1.29 is 37.6 Å². The van der Waals surface area contributed by atoms with E-state index in [2.05, 4.69) is 0 Å². The number of ether oxygens (including phenoxy) is 2. The van der Waals surface area contributed by atoms with Crippen LogP contribution in [-0.2, 0) is 32.7 Å². The number of phosphoric ester groups is 1. The Morgan fingerprint density at radius 3 is 1.57 bits per heavy atom. The van der Waals surface area contributed by atoms with Crippen molar-refractivity contribution >= 4 is 19.8 Å². The number of esters is 2. The minimum Gasteiger partial charge on any atom is -0.466 e. The summed E-state index contributed by atoms with van der Waals surface area (Å²) >= 11 is 0. The number of hydrogen-bond donors (Lipinski definition) is 1. The van der Waals surface area contributed by atoms with E-state index >= 15 is 0 Å². The minimum atomic E-state index is -4.13. The highest BCUT2D eigenvalue weighted by Gasteiger charge is 2.20. The van der Waals surface area contributed by atoms with Gasteiger partial charge in [0.25, 0.3) is 0 Å². The van der Waals surface area contributed by atoms with Crippen LogP contribution < -0.4 is 0 Å². The molecule has 9 heteroatoms. The topological polar surface area (TPSA) is 108 Å². The first kappa shape index (κ1) is 22.1. The largest absolute Gasteiger partial charge is 0.472 e. The minimum absolute atomic E-state index is 0.0569. The third-order valence-corrected chi connectivity index (χ3v) is 3.54. The Kier molecular flexibility index (Phi) is 12.9. The van der Waals surface area contributed by atoms with Crippen molar-refractivity contribution in [1.29, 1.82) is 0 Å². The van der Waals surface area contributed by atoms with Gasteiger partial charge in [-0.3, -0.25) is 18.6 Å². The quantitative estimate of drug-likeness (QED) is 0.288. The molecule has 0 aromatic heterocycles. The van der Waals surface area contributed by atoms with Crippen LogP contribution in [0.5, 0.6) is 0 Å². The predicted molar refractivity (Wildman–Crippen MR) is 82.7 cm³/mol. The van der Waals surface area contributed by atoms with Crippen LogP contribution in [0.3, 0.4) is 0 Å². The Balaban J connectivity index is 3.59. The second kappa shape index (κ2) is 13.5. The monoisotopic (exact) mass is 354 g/mol. The number of phosphoric acid groups is 1. The molecule has 0 amide bonds. The lowest BCUT2D eigenvalue weighted by Crippen LogP contribution is -2.08. The number of carbonyl (C=O) groups excluding carboxylic acids is 2. The molecule has 136 valence electrons. The molecule has 0 bridgehead atoms. The molecule has 0 rings (SSSR count). The van der Waals surface area contributed by atoms with Crippen LogP contribution in [-0.4, -0.2) is 43.3 Å². The van der Waals surface area contributed by atoms with E-state index in [1.54, 1.807) is 0 Å². The molecule has 1 N–H and O–H groups in total. The van der Waals surface area contributed by atoms with Crippen LogP contribution in [0.2, 0.25) is 0 Å². The molecule has 8 nitrogen and oxygen atoms in total. The molecular weight excluding hydrogens is 327 g/mol. The van der Waals surface area contributed by atoms with E-state index in [0.29, 0.717) is 38.5 Å². The molecule has 0 spiro atoms. The summed E-state index contributed by atoms with van der Waals surface area (Å²) in [7, 11) is -4.13. The number of hydrogen-bond acceptors (Lipinski definition) is 7. The molecule has 0 aliphatic carbocycles. The van der Waals surface area contributed by atoms with Gasteiger partial charge < -0.3 is 14.4 Å². The maximum atomic E-state index is 11.5. The Morgan fingerprint density at radius 2 is 1.22 bits per heavy atom. The summed E-state index contributed by atoms with van der Waals surface area (Å²) in [5, 5.41) is 0. The van der Waals surface area contributed by atoms with E-state index in [9.17, 15) is 19.0 Å². The number of carbonyl (C=O) groups is 2. The first-order valence-electron chi connectivity index (χ1n) is 7.84. The molecule has 0 aromatic carbocycles. The Bertz CT molecular complexity index is 353. The summed E-state index contributed by atoms with van der Waals surface area (Å²) in [5.41, 5.74) is 0. The van der Waals surface area contributed by atoms with Crippen LogP contribution in [0.15, 0.2) is 0 Å². The van der Waals surface area contributed by atoms with Gasteiger partial charge in [-0.05, 0) is 12.8 Å². The van der Waals surface area contributed by atoms with Gasteiger partial charge in [0.15, 0.2) is 0 Å². The molecule has 0 saturated heterocycles. The van der Waals surface area contributed by atoms with Gasteiger partial charge in [-0.2, -0.15) is 0 Å². The van der Waals surface area contributed by atoms with Crippen molar-refractivity contribution in [2.75, 3.05) is 26.4 Å². The maximum Gasteiger partial charge on any atom is 0.472 e. The van der Waals surface area contributed by atoms with Crippen molar-refractivity contribution in [3.8, 4) is 0 Å². The highest BCUT2D eigenvalue weighted by molar-refractivity contribution is 7.47. The van der Waals surface area contributed by atoms with Gasteiger partial charge in [-0.15, -0.1) is 0 Å². The molecular formula is C14H27O8P. The third-order valence-electron chi connectivity index (χ3n) is 2.52. The molecule has 0 saturated carbocycles. The average Bonchev–Trinajstić information content (AvgIpc) is 2.47. The summed E-state index contributed by atoms with van der Waals surface area (Å²) in [5.74, 6) is -0.595. The van der Waals surface area contributed by atoms with E-state index < -0.39 is 7.82 Å². The van der Waals surface area contributed by atoms with Gasteiger partial charge in [-0.25, -0.2) is 4.57 Å². The SMILES string of the molecule is CCCC(=O)OCCCOP(=O)(O)OCCCOC(=O)CCC. The molecule has 0 aromatic rings. The van der Waals surface area contributed by atoms with Crippen LogP contribution in [0, 0.1) is 0 Å². The van der Waals surface area contributed by atoms with Gasteiger partial charge in [-0.1, -0.05) is 13.8 Å². The van der Waals surface area contributed by atoms with Crippen LogP contribution in [0.4, 0.5) is 0 Å². The lowest BCUT2D eigenvalue weighted by molar-refractivity contribution is -0.144. The normalized spacial score (nSPS) is 11.3. The molecule has 0 aliphatic heterocycles. The standard InChI is InChI=1S/C14H27O8P/c1-3-7-13(15)19-9-5-11-21-23(17,18)22-12-6-10-20-14(16)8-4-2/h3-12H2,1-2H3,(H,17,18). The Labute approximate surface area is 137 Å². The van der Waals surface area contributed by atoms with Crippen LogP contribution in [0.1, 0.15) is 52.4 Å². The van der Waals surface area contributed by atoms with Gasteiger partial charge in [0.05, 0.1) is 26.4 Å². The fraction of sp³-hybridized carbons (Fsp3) is 0.857. The summed E-state index contributed by atoms with van der Waals surface area (Å²) < 4.78 is 30.7. The number of rotatable bonds is 14. The van der Waals surface area contributed by atoms with Crippen molar-refractivity contribution in [3.05, 3.63) is 0 Å². The Hall–Kier alpha value is -0.950. The average molecular weight is 354 g/mol. The molecule has 0 atom stereocenters. The van der Waals surface area contributed by atoms with E-state index in [4.69, 9.17) is 18.5 Å². The van der Waals surface area contributed by atoms with E-state index in [-0.39, 0.29) is 38.4 Å². The molecule has 23 heavy (non-hydrogen) atoms. The van der Waals surface area contributed by atoms with Crippen LogP contribution >= 0.6 is 7.82 Å². The zero-order chi connectivity index (χ0) is 17.6. The van der Waals surface area contributed by atoms with Crippen molar-refractivity contribution in [1.82, 2.24) is 0 Å². The zero-order valence-electron chi connectivity index (χ0n) is 13.8. The van der Waals surface area contributed by atoms with Gasteiger partial charge in [0, 0.05) is 25.7 Å². The molecule has 0 aliphatic rings. The van der Waals surface area contributed by atoms with Gasteiger partial charge >= 0.3 is 19.8 Å². The van der Waals surface area contributed by atoms with Crippen LogP contribution in [0.25, 0.3) is 0 Å². The third kappa shape index (κ3) is 14.4. The first-order valence-corrected chi connectivity index (χ1v) is 9.34. The first-order chi connectivity index (χ1) is 10.9. The molecule has 0 fully saturated rings. The Morgan fingerprint density at radius 1 is 0.826 bits per heavy atom. The molecule has 0 heterocycles. The fourth-order valence-electron chi connectivity index (χ4n) is 1.44. The summed E-state index contributed by atoms with van der Waals surface area (Å²) in [6, 6.07) is 0. The summed E-state index contributed by atoms with van der Waals surface area (Å²) in [4.78, 5) is 31.5. The van der Waals surface area contributed by atoms with E-state index in [1.807, 2.05) is 13.8 Å². The van der Waals surface area contributed by atoms with Crippen molar-refractivity contribution in [2.45, 2.75) is 52.4 Å². The predicted octanol–water partition coefficient (Wildman–Crippen LogP) is 2.59. The second-order valence-electron chi connectivity index (χ2n) is 4.78. The summed E-state index contributed by atoms with van der Waals surface area (Å²) in [6.45, 7) is 3.89.